The number of β-lactam (4-membered cyclic amide) rings is 1. The number of methoxy groups -OCH3 is 1. The van der Waals surface area contributed by atoms with Crippen molar-refractivity contribution in [3.8, 4) is 5.75 Å². The molecule has 1 aliphatic rings. The highest BCUT2D eigenvalue weighted by Crippen LogP contribution is 2.44. The smallest absolute Gasteiger partial charge is 0.312 e. The van der Waals surface area contributed by atoms with Gasteiger partial charge in [-0.05, 0) is 57.0 Å². The number of carbonyl (C=O) groups excluding carboxylic acids is 2. The first-order valence-corrected chi connectivity index (χ1v) is 10.1. The van der Waals surface area contributed by atoms with E-state index in [-0.39, 0.29) is 23.8 Å². The number of hydrogen-bond acceptors (Lipinski definition) is 4. The van der Waals surface area contributed by atoms with Crippen molar-refractivity contribution < 1.29 is 19.1 Å². The van der Waals surface area contributed by atoms with Gasteiger partial charge in [-0.3, -0.25) is 9.59 Å². The molecule has 5 nitrogen and oxygen atoms in total. The van der Waals surface area contributed by atoms with Gasteiger partial charge in [-0.1, -0.05) is 30.3 Å². The van der Waals surface area contributed by atoms with Crippen molar-refractivity contribution in [1.82, 2.24) is 0 Å². The van der Waals surface area contributed by atoms with Crippen LogP contribution in [0.1, 0.15) is 45.1 Å². The highest BCUT2D eigenvalue weighted by atomic mass is 16.5. The lowest BCUT2D eigenvalue weighted by Crippen LogP contribution is -2.54. The van der Waals surface area contributed by atoms with Crippen molar-refractivity contribution in [2.75, 3.05) is 18.6 Å². The number of hydrogen-bond donors (Lipinski definition) is 0. The van der Waals surface area contributed by atoms with E-state index in [1.165, 1.54) is 0 Å². The average Bonchev–Trinajstić information content (AvgIpc) is 2.72. The van der Waals surface area contributed by atoms with Crippen molar-refractivity contribution in [2.24, 2.45) is 5.41 Å². The molecule has 0 N–H and O–H groups in total. The van der Waals surface area contributed by atoms with Crippen molar-refractivity contribution in [3.05, 3.63) is 60.2 Å². The standard InChI is InChI=1S/C24H29NO4/c1-5-29-23(27)24(2,3)21(17-9-7-6-8-10-17)15-19-16-22(26)25(19)18-11-13-20(28-4)14-12-18/h6-14,19,21H,5,15-16H2,1-4H3/t19-,21+/m1/s1. The zero-order valence-corrected chi connectivity index (χ0v) is 17.6. The summed E-state index contributed by atoms with van der Waals surface area (Å²) in [6.45, 7) is 6.03. The molecule has 0 saturated carbocycles. The van der Waals surface area contributed by atoms with Gasteiger partial charge in [0.25, 0.3) is 0 Å². The first-order chi connectivity index (χ1) is 13.9. The van der Waals surface area contributed by atoms with Crippen LogP contribution >= 0.6 is 0 Å². The van der Waals surface area contributed by atoms with Gasteiger partial charge in [0.2, 0.25) is 5.91 Å². The summed E-state index contributed by atoms with van der Waals surface area (Å²) in [5, 5.41) is 0. The lowest BCUT2D eigenvalue weighted by Gasteiger charge is -2.44. The molecular weight excluding hydrogens is 366 g/mol. The third-order valence-corrected chi connectivity index (χ3v) is 5.78. The Labute approximate surface area is 172 Å². The van der Waals surface area contributed by atoms with Gasteiger partial charge in [-0.15, -0.1) is 0 Å². The van der Waals surface area contributed by atoms with E-state index < -0.39 is 5.41 Å². The summed E-state index contributed by atoms with van der Waals surface area (Å²) < 4.78 is 10.6. The van der Waals surface area contributed by atoms with Crippen LogP contribution in [0.3, 0.4) is 0 Å². The van der Waals surface area contributed by atoms with E-state index in [1.807, 2.05) is 80.3 Å². The molecule has 2 aromatic carbocycles. The van der Waals surface area contributed by atoms with Crippen LogP contribution in [0.2, 0.25) is 0 Å². The SMILES string of the molecule is CCOC(=O)C(C)(C)[C@@H](C[C@@H]1CC(=O)N1c1ccc(OC)cc1)c1ccccc1. The minimum absolute atomic E-state index is 0.0369. The van der Waals surface area contributed by atoms with Crippen molar-refractivity contribution >= 4 is 17.6 Å². The summed E-state index contributed by atoms with van der Waals surface area (Å²) in [5.41, 5.74) is 1.23. The molecule has 0 radical (unpaired) electrons. The molecule has 1 heterocycles. The maximum atomic E-state index is 12.7. The van der Waals surface area contributed by atoms with E-state index in [0.717, 1.165) is 17.0 Å². The van der Waals surface area contributed by atoms with Crippen molar-refractivity contribution in [2.45, 2.75) is 45.6 Å². The molecule has 0 aliphatic carbocycles. The number of anilines is 1. The average molecular weight is 395 g/mol. The molecule has 5 heteroatoms. The van der Waals surface area contributed by atoms with Crippen LogP contribution in [0.25, 0.3) is 0 Å². The summed E-state index contributed by atoms with van der Waals surface area (Å²) in [6.07, 6.45) is 1.17. The highest BCUT2D eigenvalue weighted by Gasteiger charge is 2.45. The Balaban J connectivity index is 1.87. The maximum absolute atomic E-state index is 12.7. The Kier molecular flexibility index (Phi) is 6.26. The van der Waals surface area contributed by atoms with Crippen LogP contribution in [-0.2, 0) is 14.3 Å². The number of rotatable bonds is 8. The third-order valence-electron chi connectivity index (χ3n) is 5.78. The van der Waals surface area contributed by atoms with E-state index in [4.69, 9.17) is 9.47 Å². The molecule has 0 bridgehead atoms. The molecule has 0 spiro atoms. The molecule has 29 heavy (non-hydrogen) atoms. The van der Waals surface area contributed by atoms with Crippen LogP contribution < -0.4 is 9.64 Å². The number of nitrogens with zero attached hydrogens (tertiary/aromatic N) is 1. The highest BCUT2D eigenvalue weighted by molar-refractivity contribution is 6.00. The van der Waals surface area contributed by atoms with Crippen molar-refractivity contribution in [3.63, 3.8) is 0 Å². The number of ether oxygens (including phenoxy) is 2. The maximum Gasteiger partial charge on any atom is 0.312 e. The number of esters is 1. The van der Waals surface area contributed by atoms with Gasteiger partial charge in [0.1, 0.15) is 5.75 Å². The predicted octanol–water partition coefficient (Wildman–Crippen LogP) is 4.56. The zero-order valence-electron chi connectivity index (χ0n) is 17.6. The minimum Gasteiger partial charge on any atom is -0.497 e. The molecule has 0 aromatic heterocycles. The normalized spacial score (nSPS) is 17.4. The van der Waals surface area contributed by atoms with Gasteiger partial charge in [0, 0.05) is 24.1 Å². The van der Waals surface area contributed by atoms with E-state index in [2.05, 4.69) is 0 Å². The summed E-state index contributed by atoms with van der Waals surface area (Å²) in [6, 6.07) is 17.6. The molecule has 2 aromatic rings. The first-order valence-electron chi connectivity index (χ1n) is 10.1. The second kappa shape index (κ2) is 8.68. The summed E-state index contributed by atoms with van der Waals surface area (Å²) in [4.78, 5) is 27.0. The molecule has 1 amide bonds. The lowest BCUT2D eigenvalue weighted by molar-refractivity contribution is -0.155. The molecule has 2 atom stereocenters. The van der Waals surface area contributed by atoms with Crippen LogP contribution in [0, 0.1) is 5.41 Å². The van der Waals surface area contributed by atoms with E-state index in [9.17, 15) is 9.59 Å². The molecule has 1 saturated heterocycles. The number of benzene rings is 2. The summed E-state index contributed by atoms with van der Waals surface area (Å²) in [7, 11) is 1.62. The van der Waals surface area contributed by atoms with Crippen LogP contribution in [0.15, 0.2) is 54.6 Å². The van der Waals surface area contributed by atoms with E-state index >= 15 is 0 Å². The van der Waals surface area contributed by atoms with Gasteiger partial charge in [0.05, 0.1) is 19.1 Å². The Morgan fingerprint density at radius 1 is 1.14 bits per heavy atom. The van der Waals surface area contributed by atoms with E-state index in [1.54, 1.807) is 7.11 Å². The first kappa shape index (κ1) is 20.9. The minimum atomic E-state index is -0.707. The van der Waals surface area contributed by atoms with Crippen LogP contribution in [-0.4, -0.2) is 31.6 Å². The lowest BCUT2D eigenvalue weighted by atomic mass is 9.70. The fourth-order valence-electron chi connectivity index (χ4n) is 4.03. The zero-order chi connectivity index (χ0) is 21.0. The van der Waals surface area contributed by atoms with Gasteiger partial charge >= 0.3 is 5.97 Å². The predicted molar refractivity (Wildman–Crippen MR) is 113 cm³/mol. The Morgan fingerprint density at radius 3 is 2.34 bits per heavy atom. The Bertz CT molecular complexity index is 845. The van der Waals surface area contributed by atoms with Gasteiger partial charge in [-0.25, -0.2) is 0 Å². The fourth-order valence-corrected chi connectivity index (χ4v) is 4.03. The van der Waals surface area contributed by atoms with Crippen LogP contribution in [0.5, 0.6) is 5.75 Å². The topological polar surface area (TPSA) is 55.8 Å². The van der Waals surface area contributed by atoms with E-state index in [0.29, 0.717) is 19.4 Å². The third kappa shape index (κ3) is 4.29. The second-order valence-corrected chi connectivity index (χ2v) is 7.96. The fraction of sp³-hybridized carbons (Fsp3) is 0.417. The van der Waals surface area contributed by atoms with Gasteiger partial charge in [0.15, 0.2) is 0 Å². The molecule has 1 fully saturated rings. The Morgan fingerprint density at radius 2 is 1.79 bits per heavy atom. The molecule has 1 aliphatic heterocycles. The molecule has 0 unspecified atom stereocenters. The Hall–Kier alpha value is -2.82. The molecule has 154 valence electrons. The van der Waals surface area contributed by atoms with Gasteiger partial charge < -0.3 is 14.4 Å². The molecule has 3 rings (SSSR count). The van der Waals surface area contributed by atoms with Crippen molar-refractivity contribution in [1.29, 1.82) is 0 Å². The monoisotopic (exact) mass is 395 g/mol. The second-order valence-electron chi connectivity index (χ2n) is 7.96. The largest absolute Gasteiger partial charge is 0.497 e. The number of carbonyl (C=O) groups is 2. The number of amides is 1. The quantitative estimate of drug-likeness (QED) is 0.486. The summed E-state index contributed by atoms with van der Waals surface area (Å²) in [5.74, 6) is 0.571. The molecular formula is C24H29NO4. The van der Waals surface area contributed by atoms with Crippen LogP contribution in [0.4, 0.5) is 5.69 Å². The summed E-state index contributed by atoms with van der Waals surface area (Å²) >= 11 is 0. The van der Waals surface area contributed by atoms with Gasteiger partial charge in [-0.2, -0.15) is 0 Å².